The van der Waals surface area contributed by atoms with Gasteiger partial charge in [-0.2, -0.15) is 0 Å². The summed E-state index contributed by atoms with van der Waals surface area (Å²) in [5.41, 5.74) is 0. The van der Waals surface area contributed by atoms with Gasteiger partial charge in [0.2, 0.25) is 0 Å². The van der Waals surface area contributed by atoms with E-state index >= 15 is 0 Å². The van der Waals surface area contributed by atoms with Gasteiger partial charge in [0.05, 0.1) is 6.10 Å². The molecule has 0 aliphatic heterocycles. The molecule has 1 saturated carbocycles. The minimum Gasteiger partial charge on any atom is -0.393 e. The number of aliphatic hydroxyl groups excluding tert-OH is 1. The summed E-state index contributed by atoms with van der Waals surface area (Å²) in [5.74, 6) is 1.88. The highest BCUT2D eigenvalue weighted by molar-refractivity contribution is 8.13. The number of aliphatic imine (C=N–C) groups is 1. The van der Waals surface area contributed by atoms with Crippen LogP contribution in [0.5, 0.6) is 0 Å². The molecule has 1 fully saturated rings. The van der Waals surface area contributed by atoms with E-state index in [2.05, 4.69) is 10.3 Å². The summed E-state index contributed by atoms with van der Waals surface area (Å²) >= 11 is 1.79. The maximum atomic E-state index is 9.35. The Morgan fingerprint density at radius 2 is 2.07 bits per heavy atom. The van der Waals surface area contributed by atoms with Gasteiger partial charge in [-0.15, -0.1) is 0 Å². The number of nitrogens with zero attached hydrogens (tertiary/aromatic N) is 1. The standard InChI is InChI=1S/C10H20N2OS/c1-11-10(12-2)14-7-8-3-5-9(13)6-4-8/h8-9,13H,3-7H2,1-2H3,(H,11,12). The molecule has 1 aliphatic rings. The van der Waals surface area contributed by atoms with Gasteiger partial charge in [0, 0.05) is 19.8 Å². The molecule has 14 heavy (non-hydrogen) atoms. The number of amidine groups is 1. The Bertz CT molecular complexity index is 189. The van der Waals surface area contributed by atoms with Crippen molar-refractivity contribution in [2.45, 2.75) is 31.8 Å². The molecule has 0 radical (unpaired) electrons. The van der Waals surface area contributed by atoms with Crippen LogP contribution in [0.25, 0.3) is 0 Å². The van der Waals surface area contributed by atoms with E-state index < -0.39 is 0 Å². The van der Waals surface area contributed by atoms with E-state index in [1.54, 1.807) is 11.8 Å². The topological polar surface area (TPSA) is 44.6 Å². The number of aliphatic hydroxyl groups is 1. The van der Waals surface area contributed by atoms with Crippen LogP contribution >= 0.6 is 11.8 Å². The van der Waals surface area contributed by atoms with E-state index in [0.29, 0.717) is 0 Å². The second-order valence-corrected chi connectivity index (χ2v) is 4.77. The van der Waals surface area contributed by atoms with Crippen molar-refractivity contribution >= 4 is 16.9 Å². The van der Waals surface area contributed by atoms with Gasteiger partial charge in [-0.1, -0.05) is 11.8 Å². The van der Waals surface area contributed by atoms with E-state index in [1.165, 1.54) is 0 Å². The van der Waals surface area contributed by atoms with Gasteiger partial charge in [-0.3, -0.25) is 4.99 Å². The zero-order valence-corrected chi connectivity index (χ0v) is 9.81. The van der Waals surface area contributed by atoms with Crippen LogP contribution < -0.4 is 5.32 Å². The second-order valence-electron chi connectivity index (χ2n) is 3.76. The molecule has 0 atom stereocenters. The lowest BCUT2D eigenvalue weighted by molar-refractivity contribution is 0.113. The Morgan fingerprint density at radius 1 is 1.43 bits per heavy atom. The molecule has 0 aromatic rings. The highest BCUT2D eigenvalue weighted by Crippen LogP contribution is 2.27. The van der Waals surface area contributed by atoms with E-state index in [4.69, 9.17) is 0 Å². The van der Waals surface area contributed by atoms with Gasteiger partial charge in [0.15, 0.2) is 5.17 Å². The minimum absolute atomic E-state index is 0.0418. The monoisotopic (exact) mass is 216 g/mol. The fourth-order valence-corrected chi connectivity index (χ4v) is 2.76. The third-order valence-electron chi connectivity index (χ3n) is 2.69. The number of thioether (sulfide) groups is 1. The van der Waals surface area contributed by atoms with Gasteiger partial charge < -0.3 is 10.4 Å². The Morgan fingerprint density at radius 3 is 2.57 bits per heavy atom. The lowest BCUT2D eigenvalue weighted by Crippen LogP contribution is -2.22. The molecule has 0 unspecified atom stereocenters. The number of hydrogen-bond acceptors (Lipinski definition) is 3. The van der Waals surface area contributed by atoms with Crippen molar-refractivity contribution in [1.82, 2.24) is 5.32 Å². The van der Waals surface area contributed by atoms with Crippen molar-refractivity contribution in [2.24, 2.45) is 10.9 Å². The quantitative estimate of drug-likeness (QED) is 0.543. The summed E-state index contributed by atoms with van der Waals surface area (Å²) in [6, 6.07) is 0. The highest BCUT2D eigenvalue weighted by Gasteiger charge is 2.19. The molecule has 0 aromatic carbocycles. The molecule has 0 spiro atoms. The lowest BCUT2D eigenvalue weighted by Gasteiger charge is -2.24. The molecular formula is C10H20N2OS. The van der Waals surface area contributed by atoms with Crippen LogP contribution in [0.2, 0.25) is 0 Å². The maximum absolute atomic E-state index is 9.35. The smallest absolute Gasteiger partial charge is 0.156 e. The minimum atomic E-state index is -0.0418. The molecular weight excluding hydrogens is 196 g/mol. The Balaban J connectivity index is 2.18. The molecule has 0 saturated heterocycles. The molecule has 0 aromatic heterocycles. The highest BCUT2D eigenvalue weighted by atomic mass is 32.2. The van der Waals surface area contributed by atoms with E-state index in [0.717, 1.165) is 42.5 Å². The average Bonchev–Trinajstić information content (AvgIpc) is 2.22. The number of hydrogen-bond donors (Lipinski definition) is 2. The summed E-state index contributed by atoms with van der Waals surface area (Å²) in [7, 11) is 3.71. The number of nitrogens with one attached hydrogen (secondary N) is 1. The molecule has 1 aliphatic carbocycles. The van der Waals surface area contributed by atoms with E-state index in [-0.39, 0.29) is 6.10 Å². The second kappa shape index (κ2) is 6.30. The zero-order valence-electron chi connectivity index (χ0n) is 8.99. The molecule has 1 rings (SSSR count). The largest absolute Gasteiger partial charge is 0.393 e. The van der Waals surface area contributed by atoms with Crippen molar-refractivity contribution in [2.75, 3.05) is 19.8 Å². The normalized spacial score (nSPS) is 28.9. The van der Waals surface area contributed by atoms with Crippen molar-refractivity contribution in [3.05, 3.63) is 0 Å². The Kier molecular flexibility index (Phi) is 5.33. The predicted octanol–water partition coefficient (Wildman–Crippen LogP) is 1.48. The first-order valence-corrected chi connectivity index (χ1v) is 6.20. The molecule has 3 nitrogen and oxygen atoms in total. The van der Waals surface area contributed by atoms with Crippen LogP contribution in [-0.2, 0) is 0 Å². The molecule has 0 heterocycles. The maximum Gasteiger partial charge on any atom is 0.156 e. The van der Waals surface area contributed by atoms with Gasteiger partial charge >= 0.3 is 0 Å². The summed E-state index contributed by atoms with van der Waals surface area (Å²) in [5, 5.41) is 13.4. The van der Waals surface area contributed by atoms with Gasteiger partial charge in [-0.25, -0.2) is 0 Å². The predicted molar refractivity (Wildman–Crippen MR) is 62.8 cm³/mol. The van der Waals surface area contributed by atoms with Crippen LogP contribution in [-0.4, -0.2) is 36.2 Å². The molecule has 82 valence electrons. The van der Waals surface area contributed by atoms with Crippen LogP contribution in [0, 0.1) is 5.92 Å². The first-order chi connectivity index (χ1) is 6.76. The summed E-state index contributed by atoms with van der Waals surface area (Å²) in [4.78, 5) is 4.12. The third-order valence-corrected chi connectivity index (χ3v) is 3.99. The Labute approximate surface area is 90.4 Å². The zero-order chi connectivity index (χ0) is 10.4. The van der Waals surface area contributed by atoms with Gasteiger partial charge in [0.1, 0.15) is 0 Å². The molecule has 2 N–H and O–H groups in total. The van der Waals surface area contributed by atoms with Crippen LogP contribution in [0.4, 0.5) is 0 Å². The van der Waals surface area contributed by atoms with Crippen LogP contribution in [0.3, 0.4) is 0 Å². The van der Waals surface area contributed by atoms with Crippen molar-refractivity contribution in [1.29, 1.82) is 0 Å². The summed E-state index contributed by atoms with van der Waals surface area (Å²) in [6.45, 7) is 0. The summed E-state index contributed by atoms with van der Waals surface area (Å²) < 4.78 is 0. The average molecular weight is 216 g/mol. The van der Waals surface area contributed by atoms with E-state index in [9.17, 15) is 5.11 Å². The van der Waals surface area contributed by atoms with Crippen molar-refractivity contribution in [3.63, 3.8) is 0 Å². The number of rotatable bonds is 2. The fourth-order valence-electron chi connectivity index (χ4n) is 1.76. The van der Waals surface area contributed by atoms with Crippen molar-refractivity contribution < 1.29 is 5.11 Å². The first-order valence-electron chi connectivity index (χ1n) is 5.21. The molecule has 4 heteroatoms. The van der Waals surface area contributed by atoms with Crippen molar-refractivity contribution in [3.8, 4) is 0 Å². The van der Waals surface area contributed by atoms with Gasteiger partial charge in [-0.05, 0) is 31.6 Å². The lowest BCUT2D eigenvalue weighted by atomic mass is 9.89. The third kappa shape index (κ3) is 3.88. The first kappa shape index (κ1) is 11.9. The Hall–Kier alpha value is -0.220. The molecule has 0 bridgehead atoms. The van der Waals surface area contributed by atoms with E-state index in [1.807, 2.05) is 14.1 Å². The SMILES string of the molecule is CN=C(NC)SCC1CCC(O)CC1. The molecule has 0 amide bonds. The van der Waals surface area contributed by atoms with Gasteiger partial charge in [0.25, 0.3) is 0 Å². The van der Waals surface area contributed by atoms with Crippen LogP contribution in [0.1, 0.15) is 25.7 Å². The fraction of sp³-hybridized carbons (Fsp3) is 0.900. The summed E-state index contributed by atoms with van der Waals surface area (Å²) in [6.07, 6.45) is 4.23. The van der Waals surface area contributed by atoms with Crippen LogP contribution in [0.15, 0.2) is 4.99 Å².